The molecule has 0 aliphatic heterocycles. The summed E-state index contributed by atoms with van der Waals surface area (Å²) in [6.45, 7) is 1.61. The van der Waals surface area contributed by atoms with Gasteiger partial charge in [0.2, 0.25) is 0 Å². The van der Waals surface area contributed by atoms with Gasteiger partial charge in [-0.25, -0.2) is 9.78 Å². The van der Waals surface area contributed by atoms with Gasteiger partial charge in [-0.15, -0.1) is 0 Å². The third kappa shape index (κ3) is 3.66. The SMILES string of the molecule is Cc1ccnc(NC(CC(=O)O)C(=O)O)c1C(N)=O. The third-order valence-corrected chi connectivity index (χ3v) is 2.39. The van der Waals surface area contributed by atoms with E-state index >= 15 is 0 Å². The lowest BCUT2D eigenvalue weighted by Crippen LogP contribution is -2.33. The summed E-state index contributed by atoms with van der Waals surface area (Å²) in [5, 5.41) is 19.9. The Morgan fingerprint density at radius 3 is 2.53 bits per heavy atom. The normalized spacial score (nSPS) is 11.6. The number of carbonyl (C=O) groups excluding carboxylic acids is 1. The van der Waals surface area contributed by atoms with Crippen LogP contribution in [0, 0.1) is 6.92 Å². The molecule has 0 aliphatic carbocycles. The molecule has 1 rings (SSSR count). The second-order valence-corrected chi connectivity index (χ2v) is 3.85. The molecule has 1 aromatic rings. The number of aryl methyl sites for hydroxylation is 1. The van der Waals surface area contributed by atoms with Crippen molar-refractivity contribution in [3.8, 4) is 0 Å². The number of carboxylic acid groups (broad SMARTS) is 2. The first-order chi connectivity index (χ1) is 8.82. The first kappa shape index (κ1) is 14.4. The molecule has 0 fully saturated rings. The standard InChI is InChI=1S/C11H13N3O5/c1-5-2-3-13-10(8(5)9(12)17)14-6(11(18)19)4-7(15)16/h2-3,6H,4H2,1H3,(H2,12,17)(H,13,14)(H,15,16)(H,18,19). The first-order valence-corrected chi connectivity index (χ1v) is 5.29. The summed E-state index contributed by atoms with van der Waals surface area (Å²) in [4.78, 5) is 36.6. The smallest absolute Gasteiger partial charge is 0.326 e. The summed E-state index contributed by atoms with van der Waals surface area (Å²) >= 11 is 0. The van der Waals surface area contributed by atoms with Crippen molar-refractivity contribution < 1.29 is 24.6 Å². The van der Waals surface area contributed by atoms with Crippen LogP contribution in [0.15, 0.2) is 12.3 Å². The number of rotatable bonds is 6. The number of aromatic nitrogens is 1. The molecule has 0 radical (unpaired) electrons. The number of anilines is 1. The second kappa shape index (κ2) is 5.80. The van der Waals surface area contributed by atoms with Gasteiger partial charge in [0.15, 0.2) is 0 Å². The van der Waals surface area contributed by atoms with Crippen LogP contribution in [0.2, 0.25) is 0 Å². The maximum atomic E-state index is 11.3. The van der Waals surface area contributed by atoms with Gasteiger partial charge in [0.25, 0.3) is 5.91 Å². The molecule has 0 bridgehead atoms. The van der Waals surface area contributed by atoms with Crippen LogP contribution < -0.4 is 11.1 Å². The number of nitrogens with two attached hydrogens (primary N) is 1. The number of carboxylic acids is 2. The number of carbonyl (C=O) groups is 3. The molecule has 8 heteroatoms. The van der Waals surface area contributed by atoms with E-state index < -0.39 is 30.3 Å². The van der Waals surface area contributed by atoms with Crippen LogP contribution in [0.25, 0.3) is 0 Å². The van der Waals surface area contributed by atoms with Gasteiger partial charge >= 0.3 is 11.9 Å². The van der Waals surface area contributed by atoms with E-state index in [1.54, 1.807) is 6.92 Å². The van der Waals surface area contributed by atoms with E-state index in [1.807, 2.05) is 0 Å². The average molecular weight is 267 g/mol. The Kier molecular flexibility index (Phi) is 4.41. The van der Waals surface area contributed by atoms with Crippen molar-refractivity contribution in [2.75, 3.05) is 5.32 Å². The fourth-order valence-corrected chi connectivity index (χ4v) is 1.52. The Morgan fingerprint density at radius 2 is 2.05 bits per heavy atom. The molecule has 1 aromatic heterocycles. The van der Waals surface area contributed by atoms with Gasteiger partial charge in [-0.05, 0) is 18.6 Å². The molecule has 1 heterocycles. The highest BCUT2D eigenvalue weighted by Gasteiger charge is 2.23. The van der Waals surface area contributed by atoms with Crippen LogP contribution in [0.1, 0.15) is 22.3 Å². The van der Waals surface area contributed by atoms with Gasteiger partial charge in [-0.1, -0.05) is 0 Å². The molecule has 1 amide bonds. The van der Waals surface area contributed by atoms with Crippen molar-refractivity contribution in [1.29, 1.82) is 0 Å². The molecule has 1 unspecified atom stereocenters. The highest BCUT2D eigenvalue weighted by atomic mass is 16.4. The highest BCUT2D eigenvalue weighted by Crippen LogP contribution is 2.17. The van der Waals surface area contributed by atoms with Crippen molar-refractivity contribution in [3.05, 3.63) is 23.4 Å². The van der Waals surface area contributed by atoms with Crippen molar-refractivity contribution >= 4 is 23.7 Å². The molecule has 5 N–H and O–H groups in total. The zero-order valence-electron chi connectivity index (χ0n) is 10.1. The molecule has 0 aliphatic rings. The zero-order valence-corrected chi connectivity index (χ0v) is 10.1. The molecule has 0 saturated heterocycles. The van der Waals surface area contributed by atoms with Crippen LogP contribution in [0.3, 0.4) is 0 Å². The van der Waals surface area contributed by atoms with Crippen LogP contribution >= 0.6 is 0 Å². The van der Waals surface area contributed by atoms with E-state index in [4.69, 9.17) is 15.9 Å². The maximum Gasteiger partial charge on any atom is 0.326 e. The van der Waals surface area contributed by atoms with Crippen LogP contribution in [-0.2, 0) is 9.59 Å². The van der Waals surface area contributed by atoms with Crippen LogP contribution in [-0.4, -0.2) is 39.1 Å². The fraction of sp³-hybridized carbons (Fsp3) is 0.273. The minimum atomic E-state index is -1.40. The Morgan fingerprint density at radius 1 is 1.42 bits per heavy atom. The monoisotopic (exact) mass is 267 g/mol. The van der Waals surface area contributed by atoms with E-state index in [9.17, 15) is 14.4 Å². The molecule has 8 nitrogen and oxygen atoms in total. The molecule has 102 valence electrons. The average Bonchev–Trinajstić information content (AvgIpc) is 2.26. The Balaban J connectivity index is 3.09. The molecule has 0 saturated carbocycles. The largest absolute Gasteiger partial charge is 0.481 e. The van der Waals surface area contributed by atoms with E-state index in [-0.39, 0.29) is 11.4 Å². The van der Waals surface area contributed by atoms with Crippen molar-refractivity contribution in [3.63, 3.8) is 0 Å². The summed E-state index contributed by atoms with van der Waals surface area (Å²) in [5.41, 5.74) is 5.74. The predicted molar refractivity (Wildman–Crippen MR) is 64.8 cm³/mol. The number of pyridine rings is 1. The van der Waals surface area contributed by atoms with Gasteiger partial charge in [0.1, 0.15) is 11.9 Å². The molecule has 19 heavy (non-hydrogen) atoms. The van der Waals surface area contributed by atoms with E-state index in [1.165, 1.54) is 12.3 Å². The van der Waals surface area contributed by atoms with Crippen molar-refractivity contribution in [2.24, 2.45) is 5.73 Å². The van der Waals surface area contributed by atoms with Crippen LogP contribution in [0.5, 0.6) is 0 Å². The minimum Gasteiger partial charge on any atom is -0.481 e. The summed E-state index contributed by atoms with van der Waals surface area (Å²) in [6.07, 6.45) is 0.715. The molecule has 0 spiro atoms. The van der Waals surface area contributed by atoms with Gasteiger partial charge in [-0.3, -0.25) is 9.59 Å². The number of primary amides is 1. The Labute approximate surface area is 108 Å². The van der Waals surface area contributed by atoms with Crippen molar-refractivity contribution in [2.45, 2.75) is 19.4 Å². The number of nitrogens with zero attached hydrogens (tertiary/aromatic N) is 1. The van der Waals surface area contributed by atoms with Crippen LogP contribution in [0.4, 0.5) is 5.82 Å². The number of nitrogens with one attached hydrogen (secondary N) is 1. The topological polar surface area (TPSA) is 143 Å². The van der Waals surface area contributed by atoms with E-state index in [2.05, 4.69) is 10.3 Å². The minimum absolute atomic E-state index is 0.0406. The molecule has 1 atom stereocenters. The number of hydrogen-bond donors (Lipinski definition) is 4. The molecular weight excluding hydrogens is 254 g/mol. The Bertz CT molecular complexity index is 529. The maximum absolute atomic E-state index is 11.3. The summed E-state index contributed by atoms with van der Waals surface area (Å²) in [5.74, 6) is -3.46. The second-order valence-electron chi connectivity index (χ2n) is 3.85. The van der Waals surface area contributed by atoms with Gasteiger partial charge in [0, 0.05) is 6.20 Å². The quantitative estimate of drug-likeness (QED) is 0.560. The van der Waals surface area contributed by atoms with Gasteiger partial charge in [0.05, 0.1) is 12.0 Å². The van der Waals surface area contributed by atoms with Gasteiger partial charge < -0.3 is 21.3 Å². The first-order valence-electron chi connectivity index (χ1n) is 5.29. The lowest BCUT2D eigenvalue weighted by molar-refractivity contribution is -0.144. The molecule has 0 aromatic carbocycles. The number of aliphatic carboxylic acids is 2. The lowest BCUT2D eigenvalue weighted by atomic mass is 10.1. The van der Waals surface area contributed by atoms with E-state index in [0.717, 1.165) is 0 Å². The Hall–Kier alpha value is -2.64. The van der Waals surface area contributed by atoms with Crippen molar-refractivity contribution in [1.82, 2.24) is 4.98 Å². The third-order valence-electron chi connectivity index (χ3n) is 2.39. The fourth-order valence-electron chi connectivity index (χ4n) is 1.52. The number of hydrogen-bond acceptors (Lipinski definition) is 5. The highest BCUT2D eigenvalue weighted by molar-refractivity contribution is 5.99. The summed E-state index contributed by atoms with van der Waals surface area (Å²) in [6, 6.07) is 0.142. The number of amides is 1. The molecular formula is C11H13N3O5. The zero-order chi connectivity index (χ0) is 14.6. The summed E-state index contributed by atoms with van der Waals surface area (Å²) < 4.78 is 0. The predicted octanol–water partition coefficient (Wildman–Crippen LogP) is -0.171. The summed E-state index contributed by atoms with van der Waals surface area (Å²) in [7, 11) is 0. The lowest BCUT2D eigenvalue weighted by Gasteiger charge is -2.15. The van der Waals surface area contributed by atoms with E-state index in [0.29, 0.717) is 5.56 Å². The van der Waals surface area contributed by atoms with Gasteiger partial charge in [-0.2, -0.15) is 0 Å².